The van der Waals surface area contributed by atoms with Gasteiger partial charge in [0, 0.05) is 6.61 Å². The molecule has 0 N–H and O–H groups in total. The van der Waals surface area contributed by atoms with Crippen molar-refractivity contribution in [3.8, 4) is 5.75 Å². The van der Waals surface area contributed by atoms with Gasteiger partial charge >= 0.3 is 5.97 Å². The SMILES string of the molecule is COC(=O)COc1ccc(/C=C2\SC(=S)N(C[C@@H]3CCCO3)C2=O)cc1. The predicted molar refractivity (Wildman–Crippen MR) is 103 cm³/mol. The molecule has 0 bridgehead atoms. The fourth-order valence-corrected chi connectivity index (χ4v) is 3.94. The zero-order valence-electron chi connectivity index (χ0n) is 14.3. The van der Waals surface area contributed by atoms with E-state index in [1.54, 1.807) is 23.1 Å². The molecule has 0 unspecified atom stereocenters. The molecule has 2 heterocycles. The van der Waals surface area contributed by atoms with Crippen LogP contribution in [-0.4, -0.2) is 54.1 Å². The molecule has 0 aliphatic carbocycles. The van der Waals surface area contributed by atoms with E-state index < -0.39 is 5.97 Å². The number of carbonyl (C=O) groups excluding carboxylic acids is 2. The number of amides is 1. The summed E-state index contributed by atoms with van der Waals surface area (Å²) in [5, 5.41) is 0. The highest BCUT2D eigenvalue weighted by Gasteiger charge is 2.34. The molecule has 1 atom stereocenters. The normalized spacial score (nSPS) is 21.5. The molecule has 138 valence electrons. The number of benzene rings is 1. The Balaban J connectivity index is 1.63. The highest BCUT2D eigenvalue weighted by Crippen LogP contribution is 2.33. The number of rotatable bonds is 6. The summed E-state index contributed by atoms with van der Waals surface area (Å²) in [6.07, 6.45) is 3.87. The maximum atomic E-state index is 12.6. The maximum Gasteiger partial charge on any atom is 0.343 e. The van der Waals surface area contributed by atoms with Gasteiger partial charge in [0.05, 0.1) is 24.7 Å². The van der Waals surface area contributed by atoms with Crippen molar-refractivity contribution in [3.63, 3.8) is 0 Å². The lowest BCUT2D eigenvalue weighted by Crippen LogP contribution is -2.35. The van der Waals surface area contributed by atoms with Crippen molar-refractivity contribution in [2.45, 2.75) is 18.9 Å². The lowest BCUT2D eigenvalue weighted by molar-refractivity contribution is -0.142. The Kier molecular flexibility index (Phi) is 6.29. The third kappa shape index (κ3) is 4.63. The Morgan fingerprint density at radius 3 is 2.85 bits per heavy atom. The van der Waals surface area contributed by atoms with Crippen molar-refractivity contribution in [1.82, 2.24) is 4.90 Å². The maximum absolute atomic E-state index is 12.6. The molecule has 0 radical (unpaired) electrons. The number of methoxy groups -OCH3 is 1. The summed E-state index contributed by atoms with van der Waals surface area (Å²) >= 11 is 6.65. The molecule has 2 fully saturated rings. The van der Waals surface area contributed by atoms with Crippen LogP contribution in [0, 0.1) is 0 Å². The molecular formula is C18H19NO5S2. The summed E-state index contributed by atoms with van der Waals surface area (Å²) in [5.41, 5.74) is 0.855. The summed E-state index contributed by atoms with van der Waals surface area (Å²) < 4.78 is 16.0. The van der Waals surface area contributed by atoms with E-state index >= 15 is 0 Å². The third-order valence-corrected chi connectivity index (χ3v) is 5.42. The highest BCUT2D eigenvalue weighted by atomic mass is 32.2. The molecule has 0 saturated carbocycles. The second-order valence-electron chi connectivity index (χ2n) is 5.86. The Bertz CT molecular complexity index is 726. The van der Waals surface area contributed by atoms with E-state index in [4.69, 9.17) is 21.7 Å². The average molecular weight is 393 g/mol. The minimum atomic E-state index is -0.441. The van der Waals surface area contributed by atoms with E-state index in [9.17, 15) is 9.59 Å². The van der Waals surface area contributed by atoms with Gasteiger partial charge in [0.2, 0.25) is 0 Å². The van der Waals surface area contributed by atoms with Crippen LogP contribution in [0.2, 0.25) is 0 Å². The Morgan fingerprint density at radius 2 is 2.19 bits per heavy atom. The zero-order chi connectivity index (χ0) is 18.5. The van der Waals surface area contributed by atoms with Crippen LogP contribution in [0.25, 0.3) is 6.08 Å². The lowest BCUT2D eigenvalue weighted by Gasteiger charge is -2.18. The summed E-state index contributed by atoms with van der Waals surface area (Å²) in [6, 6.07) is 7.11. The zero-order valence-corrected chi connectivity index (χ0v) is 15.9. The van der Waals surface area contributed by atoms with Crippen LogP contribution in [-0.2, 0) is 19.1 Å². The van der Waals surface area contributed by atoms with E-state index in [0.717, 1.165) is 25.0 Å². The van der Waals surface area contributed by atoms with Gasteiger partial charge in [0.25, 0.3) is 5.91 Å². The summed E-state index contributed by atoms with van der Waals surface area (Å²) in [5.74, 6) is 0.0315. The summed E-state index contributed by atoms with van der Waals surface area (Å²) in [4.78, 5) is 25.9. The topological polar surface area (TPSA) is 65.1 Å². The van der Waals surface area contributed by atoms with Gasteiger partial charge in [0.15, 0.2) is 6.61 Å². The van der Waals surface area contributed by atoms with E-state index in [1.165, 1.54) is 18.9 Å². The van der Waals surface area contributed by atoms with Crippen molar-refractivity contribution < 1.29 is 23.8 Å². The first-order chi connectivity index (χ1) is 12.6. The quantitative estimate of drug-likeness (QED) is 0.418. The third-order valence-electron chi connectivity index (χ3n) is 4.05. The highest BCUT2D eigenvalue weighted by molar-refractivity contribution is 8.26. The van der Waals surface area contributed by atoms with Gasteiger partial charge in [-0.3, -0.25) is 9.69 Å². The van der Waals surface area contributed by atoms with E-state index in [2.05, 4.69) is 4.74 Å². The predicted octanol–water partition coefficient (Wildman–Crippen LogP) is 2.62. The van der Waals surface area contributed by atoms with Crippen molar-refractivity contribution >= 4 is 46.3 Å². The fourth-order valence-electron chi connectivity index (χ4n) is 2.66. The van der Waals surface area contributed by atoms with Crippen LogP contribution in [0.15, 0.2) is 29.2 Å². The lowest BCUT2D eigenvalue weighted by atomic mass is 10.2. The van der Waals surface area contributed by atoms with Crippen molar-refractivity contribution in [3.05, 3.63) is 34.7 Å². The molecule has 0 aromatic heterocycles. The van der Waals surface area contributed by atoms with Gasteiger partial charge in [-0.1, -0.05) is 36.1 Å². The van der Waals surface area contributed by atoms with Gasteiger partial charge in [0.1, 0.15) is 10.1 Å². The molecule has 1 amide bonds. The number of thioether (sulfide) groups is 1. The van der Waals surface area contributed by atoms with Crippen molar-refractivity contribution in [2.75, 3.05) is 26.9 Å². The second-order valence-corrected chi connectivity index (χ2v) is 7.54. The Hall–Kier alpha value is -1.90. The van der Waals surface area contributed by atoms with Crippen LogP contribution in [0.5, 0.6) is 5.75 Å². The largest absolute Gasteiger partial charge is 0.482 e. The monoisotopic (exact) mass is 393 g/mol. The number of ether oxygens (including phenoxy) is 3. The van der Waals surface area contributed by atoms with Gasteiger partial charge < -0.3 is 14.2 Å². The molecule has 1 aromatic carbocycles. The average Bonchev–Trinajstić information content (AvgIpc) is 3.25. The first kappa shape index (κ1) is 18.9. The Labute approximate surface area is 161 Å². The van der Waals surface area contributed by atoms with Crippen LogP contribution in [0.1, 0.15) is 18.4 Å². The molecule has 6 nitrogen and oxygen atoms in total. The number of hydrogen-bond acceptors (Lipinski definition) is 7. The second kappa shape index (κ2) is 8.66. The van der Waals surface area contributed by atoms with Gasteiger partial charge in [-0.2, -0.15) is 0 Å². The van der Waals surface area contributed by atoms with E-state index in [1.807, 2.05) is 12.1 Å². The van der Waals surface area contributed by atoms with Crippen molar-refractivity contribution in [1.29, 1.82) is 0 Å². The summed E-state index contributed by atoms with van der Waals surface area (Å²) in [6.45, 7) is 1.12. The minimum Gasteiger partial charge on any atom is -0.482 e. The number of esters is 1. The molecule has 8 heteroatoms. The Morgan fingerprint density at radius 1 is 1.42 bits per heavy atom. The molecule has 2 aliphatic heterocycles. The minimum absolute atomic E-state index is 0.0723. The first-order valence-corrected chi connectivity index (χ1v) is 9.46. The molecule has 3 rings (SSSR count). The van der Waals surface area contributed by atoms with Crippen LogP contribution < -0.4 is 4.74 Å². The number of thiocarbonyl (C=S) groups is 1. The smallest absolute Gasteiger partial charge is 0.343 e. The van der Waals surface area contributed by atoms with Crippen LogP contribution in [0.3, 0.4) is 0 Å². The number of hydrogen-bond donors (Lipinski definition) is 0. The van der Waals surface area contributed by atoms with Crippen LogP contribution in [0.4, 0.5) is 0 Å². The molecule has 0 spiro atoms. The van der Waals surface area contributed by atoms with Gasteiger partial charge in [-0.05, 0) is 36.6 Å². The molecule has 1 aromatic rings. The molecule has 26 heavy (non-hydrogen) atoms. The summed E-state index contributed by atoms with van der Waals surface area (Å²) in [7, 11) is 1.31. The van der Waals surface area contributed by atoms with Gasteiger partial charge in [-0.25, -0.2) is 4.79 Å². The number of carbonyl (C=O) groups is 2. The fraction of sp³-hybridized carbons (Fsp3) is 0.389. The van der Waals surface area contributed by atoms with Gasteiger partial charge in [-0.15, -0.1) is 0 Å². The van der Waals surface area contributed by atoms with E-state index in [0.29, 0.717) is 21.5 Å². The van der Waals surface area contributed by atoms with Crippen LogP contribution >= 0.6 is 24.0 Å². The van der Waals surface area contributed by atoms with Crippen molar-refractivity contribution in [2.24, 2.45) is 0 Å². The molecular weight excluding hydrogens is 374 g/mol. The standard InChI is InChI=1S/C18H19NO5S2/c1-22-16(20)11-24-13-6-4-12(5-7-13)9-15-17(21)19(18(25)26-15)10-14-3-2-8-23-14/h4-7,9,14H,2-3,8,10-11H2,1H3/b15-9-/t14-/m0/s1. The first-order valence-electron chi connectivity index (χ1n) is 8.23. The van der Waals surface area contributed by atoms with E-state index in [-0.39, 0.29) is 18.6 Å². The number of nitrogens with zero attached hydrogens (tertiary/aromatic N) is 1. The molecule has 2 saturated heterocycles. The molecule has 2 aliphatic rings.